The van der Waals surface area contributed by atoms with Gasteiger partial charge in [-0.3, -0.25) is 9.59 Å². The third kappa shape index (κ3) is 5.44. The van der Waals surface area contributed by atoms with Gasteiger partial charge in [0, 0.05) is 22.8 Å². The van der Waals surface area contributed by atoms with Gasteiger partial charge >= 0.3 is 0 Å². The lowest BCUT2D eigenvalue weighted by atomic mass is 10.2. The molecule has 0 aliphatic carbocycles. The number of nitrogens with zero attached hydrogens (tertiary/aromatic N) is 2. The molecule has 2 N–H and O–H groups in total. The van der Waals surface area contributed by atoms with E-state index < -0.39 is 0 Å². The largest absolute Gasteiger partial charge is 0.325 e. The van der Waals surface area contributed by atoms with Gasteiger partial charge in [0.05, 0.1) is 17.0 Å². The molecule has 0 aliphatic heterocycles. The smallest absolute Gasteiger partial charge is 0.257 e. The standard InChI is InChI=1S/C25H22N4O2S/c1-18-11-13-19(14-12-18)26-24(30)17-32-22-10-6-5-9-21(22)25(31)27-23-15-16-29(28-23)20-7-3-2-4-8-20/h2-16H,17H2,1H3,(H,26,30)(H,27,28,31). The average Bonchev–Trinajstić information content (AvgIpc) is 3.28. The number of carbonyl (C=O) groups excluding carboxylic acids is 2. The van der Waals surface area contributed by atoms with E-state index in [1.807, 2.05) is 73.7 Å². The summed E-state index contributed by atoms with van der Waals surface area (Å²) in [7, 11) is 0. The molecule has 0 radical (unpaired) electrons. The number of carbonyl (C=O) groups is 2. The molecule has 0 fully saturated rings. The summed E-state index contributed by atoms with van der Waals surface area (Å²) in [5.74, 6) is 0.248. The molecule has 1 aromatic heterocycles. The third-order valence-electron chi connectivity index (χ3n) is 4.68. The fourth-order valence-electron chi connectivity index (χ4n) is 3.06. The number of hydrogen-bond donors (Lipinski definition) is 2. The summed E-state index contributed by atoms with van der Waals surface area (Å²) < 4.78 is 1.70. The van der Waals surface area contributed by atoms with E-state index in [1.54, 1.807) is 29.1 Å². The summed E-state index contributed by atoms with van der Waals surface area (Å²) in [5.41, 5.74) is 3.28. The number of aromatic nitrogens is 2. The van der Waals surface area contributed by atoms with Gasteiger partial charge in [-0.1, -0.05) is 48.0 Å². The minimum atomic E-state index is -0.273. The summed E-state index contributed by atoms with van der Waals surface area (Å²) in [4.78, 5) is 25.9. The van der Waals surface area contributed by atoms with E-state index in [0.29, 0.717) is 11.4 Å². The highest BCUT2D eigenvalue weighted by molar-refractivity contribution is 8.00. The van der Waals surface area contributed by atoms with Gasteiger partial charge in [-0.15, -0.1) is 11.8 Å². The Morgan fingerprint density at radius 2 is 1.59 bits per heavy atom. The summed E-state index contributed by atoms with van der Waals surface area (Å²) in [6.07, 6.45) is 1.79. The van der Waals surface area contributed by atoms with Crippen molar-refractivity contribution in [2.45, 2.75) is 11.8 Å². The highest BCUT2D eigenvalue weighted by Crippen LogP contribution is 2.24. The summed E-state index contributed by atoms with van der Waals surface area (Å²) in [5, 5.41) is 10.1. The molecule has 7 heteroatoms. The molecule has 4 aromatic rings. The number of thioether (sulfide) groups is 1. The van der Waals surface area contributed by atoms with Crippen LogP contribution in [-0.2, 0) is 4.79 Å². The van der Waals surface area contributed by atoms with Crippen LogP contribution in [0.1, 0.15) is 15.9 Å². The van der Waals surface area contributed by atoms with Gasteiger partial charge in [-0.05, 0) is 43.3 Å². The van der Waals surface area contributed by atoms with Gasteiger partial charge in [0.15, 0.2) is 5.82 Å². The Hall–Kier alpha value is -3.84. The monoisotopic (exact) mass is 442 g/mol. The molecule has 0 atom stereocenters. The molecule has 0 saturated heterocycles. The molecule has 0 saturated carbocycles. The fourth-order valence-corrected chi connectivity index (χ4v) is 3.91. The lowest BCUT2D eigenvalue weighted by Crippen LogP contribution is -2.16. The van der Waals surface area contributed by atoms with Gasteiger partial charge in [-0.2, -0.15) is 5.10 Å². The molecule has 32 heavy (non-hydrogen) atoms. The van der Waals surface area contributed by atoms with Crippen LogP contribution in [0.4, 0.5) is 11.5 Å². The van der Waals surface area contributed by atoms with E-state index in [9.17, 15) is 9.59 Å². The maximum Gasteiger partial charge on any atom is 0.257 e. The second-order valence-electron chi connectivity index (χ2n) is 7.13. The Kier molecular flexibility index (Phi) is 6.67. The fraction of sp³-hybridized carbons (Fsp3) is 0.0800. The van der Waals surface area contributed by atoms with Crippen molar-refractivity contribution < 1.29 is 9.59 Å². The Balaban J connectivity index is 1.39. The number of anilines is 2. The Bertz CT molecular complexity index is 1220. The van der Waals surface area contributed by atoms with Gasteiger partial charge in [-0.25, -0.2) is 4.68 Å². The normalized spacial score (nSPS) is 10.5. The molecule has 2 amide bonds. The lowest BCUT2D eigenvalue weighted by Gasteiger charge is -2.09. The molecule has 0 spiro atoms. The first-order chi connectivity index (χ1) is 15.6. The number of aryl methyl sites for hydroxylation is 1. The zero-order valence-electron chi connectivity index (χ0n) is 17.5. The SMILES string of the molecule is Cc1ccc(NC(=O)CSc2ccccc2C(=O)Nc2ccn(-c3ccccc3)n2)cc1. The van der Waals surface area contributed by atoms with Gasteiger partial charge in [0.25, 0.3) is 5.91 Å². The van der Waals surface area contributed by atoms with Crippen LogP contribution in [0.15, 0.2) is 96.0 Å². The predicted molar refractivity (Wildman–Crippen MR) is 128 cm³/mol. The van der Waals surface area contributed by atoms with E-state index >= 15 is 0 Å². The molecule has 1 heterocycles. The second-order valence-corrected chi connectivity index (χ2v) is 8.15. The predicted octanol–water partition coefficient (Wildman–Crippen LogP) is 5.16. The highest BCUT2D eigenvalue weighted by Gasteiger charge is 2.14. The van der Waals surface area contributed by atoms with Crippen LogP contribution in [0, 0.1) is 6.92 Å². The average molecular weight is 443 g/mol. The van der Waals surface area contributed by atoms with E-state index in [4.69, 9.17) is 0 Å². The summed E-state index contributed by atoms with van der Waals surface area (Å²) >= 11 is 1.32. The van der Waals surface area contributed by atoms with Crippen LogP contribution in [0.3, 0.4) is 0 Å². The van der Waals surface area contributed by atoms with Crippen LogP contribution < -0.4 is 10.6 Å². The molecule has 4 rings (SSSR count). The maximum atomic E-state index is 12.9. The number of amides is 2. The second kappa shape index (κ2) is 9.98. The maximum absolute atomic E-state index is 12.9. The van der Waals surface area contributed by atoms with Crippen LogP contribution in [0.5, 0.6) is 0 Å². The van der Waals surface area contributed by atoms with Gasteiger partial charge in [0.2, 0.25) is 5.91 Å². The minimum absolute atomic E-state index is 0.129. The van der Waals surface area contributed by atoms with Crippen molar-refractivity contribution in [1.82, 2.24) is 9.78 Å². The van der Waals surface area contributed by atoms with E-state index in [-0.39, 0.29) is 17.6 Å². The number of nitrogens with one attached hydrogen (secondary N) is 2. The van der Waals surface area contributed by atoms with Gasteiger partial charge < -0.3 is 10.6 Å². The number of rotatable bonds is 7. The van der Waals surface area contributed by atoms with Crippen molar-refractivity contribution in [2.24, 2.45) is 0 Å². The van der Waals surface area contributed by atoms with E-state index in [2.05, 4.69) is 15.7 Å². The molecule has 160 valence electrons. The first-order valence-electron chi connectivity index (χ1n) is 10.1. The van der Waals surface area contributed by atoms with Crippen LogP contribution in [0.2, 0.25) is 0 Å². The zero-order chi connectivity index (χ0) is 22.3. The van der Waals surface area contributed by atoms with E-state index in [1.165, 1.54) is 11.8 Å². The molecular weight excluding hydrogens is 420 g/mol. The van der Waals surface area contributed by atoms with Crippen LogP contribution in [0.25, 0.3) is 5.69 Å². The lowest BCUT2D eigenvalue weighted by molar-refractivity contribution is -0.113. The van der Waals surface area contributed by atoms with Crippen LogP contribution >= 0.6 is 11.8 Å². The molecule has 3 aromatic carbocycles. The van der Waals surface area contributed by atoms with E-state index in [0.717, 1.165) is 21.8 Å². The number of hydrogen-bond acceptors (Lipinski definition) is 4. The first-order valence-corrected chi connectivity index (χ1v) is 11.1. The van der Waals surface area contributed by atoms with Crippen molar-refractivity contribution in [3.63, 3.8) is 0 Å². The van der Waals surface area contributed by atoms with Crippen molar-refractivity contribution >= 4 is 35.1 Å². The summed E-state index contributed by atoms with van der Waals surface area (Å²) in [6.45, 7) is 2.00. The number of para-hydroxylation sites is 1. The Morgan fingerprint density at radius 1 is 0.875 bits per heavy atom. The Labute approximate surface area is 190 Å². The highest BCUT2D eigenvalue weighted by atomic mass is 32.2. The molecule has 0 unspecified atom stereocenters. The molecular formula is C25H22N4O2S. The molecule has 0 aliphatic rings. The summed E-state index contributed by atoms with van der Waals surface area (Å²) in [6, 6.07) is 26.3. The van der Waals surface area contributed by atoms with Crippen LogP contribution in [-0.4, -0.2) is 27.3 Å². The third-order valence-corrected chi connectivity index (χ3v) is 5.75. The Morgan fingerprint density at radius 3 is 2.38 bits per heavy atom. The first kappa shape index (κ1) is 21.4. The minimum Gasteiger partial charge on any atom is -0.325 e. The molecule has 0 bridgehead atoms. The van der Waals surface area contributed by atoms with Gasteiger partial charge in [0.1, 0.15) is 0 Å². The number of benzene rings is 3. The quantitative estimate of drug-likeness (QED) is 0.388. The van der Waals surface area contributed by atoms with Crippen molar-refractivity contribution in [3.8, 4) is 5.69 Å². The van der Waals surface area contributed by atoms with Crippen molar-refractivity contribution in [1.29, 1.82) is 0 Å². The molecule has 6 nitrogen and oxygen atoms in total. The van der Waals surface area contributed by atoms with Crippen molar-refractivity contribution in [2.75, 3.05) is 16.4 Å². The van der Waals surface area contributed by atoms with Crippen molar-refractivity contribution in [3.05, 3.63) is 102 Å². The zero-order valence-corrected chi connectivity index (χ0v) is 18.3. The topological polar surface area (TPSA) is 76.0 Å².